The van der Waals surface area contributed by atoms with Crippen molar-refractivity contribution >= 4 is 84.1 Å². The highest BCUT2D eigenvalue weighted by Crippen LogP contribution is 2.22. The van der Waals surface area contributed by atoms with Gasteiger partial charge in [-0.3, -0.25) is 43.5 Å². The fraction of sp³-hybridized carbons (Fsp3) is 0.810. The smallest absolute Gasteiger partial charge is 0.410 e. The molecular formula is C63H119ClN6O21. The summed E-state index contributed by atoms with van der Waals surface area (Å²) in [5.41, 5.74) is 2.94. The van der Waals surface area contributed by atoms with E-state index >= 15 is 0 Å². The Bertz CT molecular complexity index is 2240. The van der Waals surface area contributed by atoms with Crippen LogP contribution in [0.4, 0.5) is 19.2 Å². The average molecular weight is 1330 g/mol. The molecule has 5 amide bonds. The van der Waals surface area contributed by atoms with Crippen molar-refractivity contribution in [1.82, 2.24) is 24.5 Å². The Balaban J connectivity index is -0.000000260. The summed E-state index contributed by atoms with van der Waals surface area (Å²) >= 11 is 0. The molecule has 0 aliphatic rings. The van der Waals surface area contributed by atoms with Gasteiger partial charge in [-0.05, 0) is 155 Å². The molecule has 0 rings (SSSR count). The lowest BCUT2D eigenvalue weighted by Crippen LogP contribution is -2.51. The number of nitrogens with zero attached hydrogens (tertiary/aromatic N) is 5. The lowest BCUT2D eigenvalue weighted by Gasteiger charge is -2.32. The number of carboxylic acid groups (broad SMARTS) is 2. The molecule has 0 aliphatic heterocycles. The molecule has 0 aliphatic carbocycles. The number of aliphatic carboxylic acids is 2. The van der Waals surface area contributed by atoms with Crippen molar-refractivity contribution in [2.24, 2.45) is 35.3 Å². The second-order valence-electron chi connectivity index (χ2n) is 27.2. The van der Waals surface area contributed by atoms with Gasteiger partial charge in [0.2, 0.25) is 5.91 Å². The molecular weight excluding hydrogens is 1210 g/mol. The van der Waals surface area contributed by atoms with Crippen LogP contribution < -0.4 is 5.73 Å². The van der Waals surface area contributed by atoms with Gasteiger partial charge in [-0.25, -0.2) is 28.8 Å². The minimum Gasteiger partial charge on any atom is -0.480 e. The van der Waals surface area contributed by atoms with E-state index in [0.29, 0.717) is 25.2 Å². The van der Waals surface area contributed by atoms with Crippen LogP contribution >= 0.6 is 12.4 Å². The van der Waals surface area contributed by atoms with Gasteiger partial charge in [0.1, 0.15) is 46.6 Å². The van der Waals surface area contributed by atoms with Crippen molar-refractivity contribution in [2.75, 3.05) is 56.6 Å². The Hall–Kier alpha value is -6.51. The molecule has 0 bridgehead atoms. The monoisotopic (exact) mass is 1330 g/mol. The first-order chi connectivity index (χ1) is 40.4. The number of esters is 3. The molecule has 0 spiro atoms. The van der Waals surface area contributed by atoms with Gasteiger partial charge in [-0.1, -0.05) is 41.5 Å². The highest BCUT2D eigenvalue weighted by atomic mass is 35.5. The summed E-state index contributed by atoms with van der Waals surface area (Å²) in [6.07, 6.45) is -0.599. The first kappa shape index (κ1) is 95.6. The molecule has 0 fully saturated rings. The fourth-order valence-corrected chi connectivity index (χ4v) is 6.96. The molecule has 0 aromatic carbocycles. The van der Waals surface area contributed by atoms with Crippen LogP contribution in [0.2, 0.25) is 0 Å². The first-order valence-electron chi connectivity index (χ1n) is 30.0. The largest absolute Gasteiger partial charge is 0.480 e. The number of ether oxygens (including phenoxy) is 7. The zero-order chi connectivity index (χ0) is 72.7. The molecule has 28 heteroatoms. The van der Waals surface area contributed by atoms with Gasteiger partial charge in [0.15, 0.2) is 11.6 Å². The molecule has 4 N–H and O–H groups in total. The summed E-state index contributed by atoms with van der Waals surface area (Å²) in [5.74, 6) is -4.15. The summed E-state index contributed by atoms with van der Waals surface area (Å²) in [6.45, 7) is 40.5. The number of Topliss-reactive ketones (excluding diaryl/α,β-unsaturated/α-hetero) is 2. The van der Waals surface area contributed by atoms with Gasteiger partial charge in [-0.15, -0.1) is 12.4 Å². The molecule has 0 radical (unpaired) electrons. The molecule has 0 saturated heterocycles. The molecule has 8 atom stereocenters. The Kier molecular flexibility index (Phi) is 46.3. The third kappa shape index (κ3) is 44.6. The highest BCUT2D eigenvalue weighted by molar-refractivity contribution is 5.93. The van der Waals surface area contributed by atoms with E-state index < -0.39 is 119 Å². The number of halogens is 1. The maximum Gasteiger partial charge on any atom is 0.410 e. The number of rotatable bonds is 23. The van der Waals surface area contributed by atoms with Crippen LogP contribution in [-0.2, 0) is 71.5 Å². The number of ketones is 2. The highest BCUT2D eigenvalue weighted by Gasteiger charge is 2.35. The van der Waals surface area contributed by atoms with E-state index in [-0.39, 0.29) is 60.6 Å². The number of methoxy groups -OCH3 is 3. The number of nitrogens with two attached hydrogens (primary N) is 1. The van der Waals surface area contributed by atoms with Crippen LogP contribution in [0, 0.1) is 29.6 Å². The molecule has 91 heavy (non-hydrogen) atoms. The van der Waals surface area contributed by atoms with Crippen molar-refractivity contribution in [2.45, 2.75) is 250 Å². The van der Waals surface area contributed by atoms with Crippen LogP contribution in [0.1, 0.15) is 191 Å². The zero-order valence-electron chi connectivity index (χ0n) is 60.8. The SMILES string of the molecule is COC(=O)[C@H](CC(=O)[C@@H](C)N(C)C(=O)OC(C)(C)C)CC(C)C.COC(=O)[C@H](CC(=O)[C@@H](C)N(C)C(=O)[C@H](C)N(C)C(=O)OC(C)(C)C)CC(C)C.COC(=O)[C@H](N)CC(C)C.C[C@@H](C(=O)O)N(C)C(=O)OC(C)(C)C.C[C@H](C(=O)O)N(C)C(=O)OC(C)(C)C.Cl. The standard InChI is InChI=1S/C21H38N2O6.C17H31NO5.2C9H17NO4.C7H15NO2.ClH/c1-13(2)11-16(19(26)28-10)12-17(24)14(3)22(8)18(25)15(4)23(9)20(27)29-21(5,6)7;1-11(2)9-13(15(20)22-8)10-14(19)12(3)18(7)16(21)23-17(4,5)6;2*1-6(7(11)12)10(5)8(13)14-9(2,3)4;1-5(2)4-6(8)7(9)10-3;/h13-16H,11-12H2,1-10H3;11-13H,9-10H2,1-8H3;2*6H,1-5H3,(H,11,12);5-6H,4,8H2,1-3H3;1H/t14-,15+,16+;12-,13+;3*6-;/m11101./s1. The van der Waals surface area contributed by atoms with Crippen LogP contribution in [0.5, 0.6) is 0 Å². The van der Waals surface area contributed by atoms with E-state index in [4.69, 9.17) is 44.4 Å². The number of carboxylic acids is 2. The van der Waals surface area contributed by atoms with E-state index in [1.165, 1.54) is 85.1 Å². The second-order valence-corrected chi connectivity index (χ2v) is 27.2. The summed E-state index contributed by atoms with van der Waals surface area (Å²) in [5, 5.41) is 17.3. The molecule has 0 aromatic heterocycles. The third-order valence-electron chi connectivity index (χ3n) is 12.7. The van der Waals surface area contributed by atoms with E-state index in [0.717, 1.165) is 9.80 Å². The minimum absolute atomic E-state index is 0. The predicted molar refractivity (Wildman–Crippen MR) is 347 cm³/mol. The van der Waals surface area contributed by atoms with Crippen LogP contribution in [0.25, 0.3) is 0 Å². The summed E-state index contributed by atoms with van der Waals surface area (Å²) in [6, 6.07) is -4.43. The van der Waals surface area contributed by atoms with Crippen LogP contribution in [0.15, 0.2) is 0 Å². The van der Waals surface area contributed by atoms with Gasteiger partial charge < -0.3 is 58.9 Å². The summed E-state index contributed by atoms with van der Waals surface area (Å²) in [7, 11) is 11.3. The van der Waals surface area contributed by atoms with E-state index in [2.05, 4.69) is 4.74 Å². The maximum atomic E-state index is 12.8. The van der Waals surface area contributed by atoms with Gasteiger partial charge in [0.25, 0.3) is 0 Å². The normalized spacial score (nSPS) is 13.7. The van der Waals surface area contributed by atoms with Crippen molar-refractivity contribution in [1.29, 1.82) is 0 Å². The van der Waals surface area contributed by atoms with Crippen molar-refractivity contribution in [3.05, 3.63) is 0 Å². The van der Waals surface area contributed by atoms with Crippen LogP contribution in [0.3, 0.4) is 0 Å². The van der Waals surface area contributed by atoms with Gasteiger partial charge in [-0.2, -0.15) is 0 Å². The topological polar surface area (TPSA) is 352 Å². The quantitative estimate of drug-likeness (QED) is 0.0633. The molecule has 0 saturated carbocycles. The van der Waals surface area contributed by atoms with E-state index in [1.807, 2.05) is 41.5 Å². The Morgan fingerprint density at radius 3 is 0.791 bits per heavy atom. The Morgan fingerprint density at radius 1 is 0.363 bits per heavy atom. The second kappa shape index (κ2) is 44.1. The molecule has 0 unspecified atom stereocenters. The molecule has 27 nitrogen and oxygen atoms in total. The number of likely N-dealkylation sites (N-methyl/N-ethyl adjacent to an activating group) is 5. The number of amides is 5. The summed E-state index contributed by atoms with van der Waals surface area (Å²) < 4.78 is 34.6. The predicted octanol–water partition coefficient (Wildman–Crippen LogP) is 9.53. The number of carbonyl (C=O) groups is 12. The molecule has 0 aromatic rings. The first-order valence-corrected chi connectivity index (χ1v) is 30.0. The van der Waals surface area contributed by atoms with Gasteiger partial charge in [0.05, 0.1) is 45.2 Å². The average Bonchev–Trinajstić information content (AvgIpc) is 1.41. The molecule has 534 valence electrons. The van der Waals surface area contributed by atoms with Crippen molar-refractivity contribution in [3.63, 3.8) is 0 Å². The molecule has 0 heterocycles. The van der Waals surface area contributed by atoms with Gasteiger partial charge >= 0.3 is 54.2 Å². The lowest BCUT2D eigenvalue weighted by molar-refractivity contribution is -0.149. The number of hydrogen-bond donors (Lipinski definition) is 3. The fourth-order valence-electron chi connectivity index (χ4n) is 6.96. The number of hydrogen-bond acceptors (Lipinski definition) is 20. The lowest BCUT2D eigenvalue weighted by atomic mass is 9.90. The zero-order valence-corrected chi connectivity index (χ0v) is 61.6. The minimum atomic E-state index is -1.06. The van der Waals surface area contributed by atoms with Crippen LogP contribution in [-0.4, -0.2) is 222 Å². The summed E-state index contributed by atoms with van der Waals surface area (Å²) in [4.78, 5) is 146. The Morgan fingerprint density at radius 2 is 0.582 bits per heavy atom. The third-order valence-corrected chi connectivity index (χ3v) is 12.7. The van der Waals surface area contributed by atoms with Crippen molar-refractivity contribution in [3.8, 4) is 0 Å². The maximum absolute atomic E-state index is 12.8. The van der Waals surface area contributed by atoms with Crippen molar-refractivity contribution < 1.29 is 101 Å². The van der Waals surface area contributed by atoms with E-state index in [9.17, 15) is 57.5 Å². The Labute approximate surface area is 549 Å². The van der Waals surface area contributed by atoms with Gasteiger partial charge in [0, 0.05) is 48.1 Å². The number of carbonyl (C=O) groups excluding carboxylic acids is 10. The van der Waals surface area contributed by atoms with E-state index in [1.54, 1.807) is 104 Å².